The number of hydrogen-bond acceptors (Lipinski definition) is 3. The van der Waals surface area contributed by atoms with Crippen molar-refractivity contribution in [3.63, 3.8) is 0 Å². The number of hydrazine groups is 1. The number of ether oxygens (including phenoxy) is 1. The molecule has 20 heavy (non-hydrogen) atoms. The monoisotopic (exact) mass is 374 g/mol. The molecule has 0 aliphatic rings. The predicted octanol–water partition coefficient (Wildman–Crippen LogP) is 4.32. The van der Waals surface area contributed by atoms with Crippen LogP contribution in [0.25, 0.3) is 0 Å². The van der Waals surface area contributed by atoms with E-state index in [1.54, 1.807) is 25.3 Å². The van der Waals surface area contributed by atoms with Crippen LogP contribution in [0.4, 0.5) is 0 Å². The number of nitrogens with one attached hydrogen (secondary N) is 1. The summed E-state index contributed by atoms with van der Waals surface area (Å²) in [6.07, 6.45) is 0. The molecule has 0 fully saturated rings. The van der Waals surface area contributed by atoms with Gasteiger partial charge in [0.15, 0.2) is 0 Å². The second kappa shape index (κ2) is 6.78. The lowest BCUT2D eigenvalue weighted by atomic mass is 9.98. The smallest absolute Gasteiger partial charge is 0.124 e. The van der Waals surface area contributed by atoms with Gasteiger partial charge in [0.25, 0.3) is 0 Å². The van der Waals surface area contributed by atoms with E-state index in [2.05, 4.69) is 21.4 Å². The summed E-state index contributed by atoms with van der Waals surface area (Å²) >= 11 is 15.6. The Bertz CT molecular complexity index is 622. The molecule has 0 aromatic heterocycles. The molecule has 2 aromatic rings. The van der Waals surface area contributed by atoms with Gasteiger partial charge in [-0.2, -0.15) is 0 Å². The van der Waals surface area contributed by atoms with Gasteiger partial charge in [-0.15, -0.1) is 0 Å². The van der Waals surface area contributed by atoms with E-state index < -0.39 is 0 Å². The minimum Gasteiger partial charge on any atom is -0.496 e. The number of nitrogens with two attached hydrogens (primary N) is 1. The van der Waals surface area contributed by atoms with Gasteiger partial charge in [0.05, 0.1) is 13.2 Å². The molecule has 0 aliphatic heterocycles. The Morgan fingerprint density at radius 3 is 2.30 bits per heavy atom. The third-order valence-electron chi connectivity index (χ3n) is 2.94. The van der Waals surface area contributed by atoms with Crippen LogP contribution >= 0.6 is 39.1 Å². The normalized spacial score (nSPS) is 12.2. The molecule has 0 amide bonds. The summed E-state index contributed by atoms with van der Waals surface area (Å²) in [7, 11) is 1.60. The standard InChI is InChI=1S/C14H13BrCl2N2O/c1-20-13-5-3-9(17)7-11(13)14(19-18)10-6-8(16)2-4-12(10)15/h2-7,14,19H,18H2,1H3. The van der Waals surface area contributed by atoms with Crippen LogP contribution in [0, 0.1) is 0 Å². The Balaban J connectivity index is 2.57. The van der Waals surface area contributed by atoms with E-state index >= 15 is 0 Å². The maximum atomic E-state index is 6.07. The fraction of sp³-hybridized carbons (Fsp3) is 0.143. The lowest BCUT2D eigenvalue weighted by molar-refractivity contribution is 0.404. The van der Waals surface area contributed by atoms with Gasteiger partial charge in [-0.3, -0.25) is 5.84 Å². The fourth-order valence-corrected chi connectivity index (χ4v) is 2.85. The van der Waals surface area contributed by atoms with Crippen molar-refractivity contribution in [2.45, 2.75) is 6.04 Å². The molecule has 0 radical (unpaired) electrons. The minimum absolute atomic E-state index is 0.295. The second-order valence-electron chi connectivity index (χ2n) is 4.15. The largest absolute Gasteiger partial charge is 0.496 e. The van der Waals surface area contributed by atoms with E-state index in [0.717, 1.165) is 15.6 Å². The summed E-state index contributed by atoms with van der Waals surface area (Å²) in [6.45, 7) is 0. The maximum absolute atomic E-state index is 6.07. The van der Waals surface area contributed by atoms with Gasteiger partial charge in [0.1, 0.15) is 5.75 Å². The Hall–Kier alpha value is -0.780. The van der Waals surface area contributed by atoms with Crippen LogP contribution in [0.2, 0.25) is 10.0 Å². The Kier molecular flexibility index (Phi) is 5.29. The summed E-state index contributed by atoms with van der Waals surface area (Å²) in [5.41, 5.74) is 4.52. The number of methoxy groups -OCH3 is 1. The molecule has 3 nitrogen and oxygen atoms in total. The molecule has 0 bridgehead atoms. The SMILES string of the molecule is COc1ccc(Cl)cc1C(NN)c1cc(Cl)ccc1Br. The third kappa shape index (κ3) is 3.27. The van der Waals surface area contributed by atoms with Crippen LogP contribution in [0.3, 0.4) is 0 Å². The number of benzene rings is 2. The van der Waals surface area contributed by atoms with Crippen LogP contribution in [0.1, 0.15) is 17.2 Å². The second-order valence-corrected chi connectivity index (χ2v) is 5.88. The van der Waals surface area contributed by atoms with Crippen molar-refractivity contribution in [3.05, 3.63) is 62.0 Å². The molecule has 0 aliphatic carbocycles. The maximum Gasteiger partial charge on any atom is 0.124 e. The van der Waals surface area contributed by atoms with Gasteiger partial charge < -0.3 is 4.74 Å². The van der Waals surface area contributed by atoms with Gasteiger partial charge in [0, 0.05) is 20.1 Å². The van der Waals surface area contributed by atoms with Crippen molar-refractivity contribution < 1.29 is 4.74 Å². The molecule has 2 rings (SSSR count). The summed E-state index contributed by atoms with van der Waals surface area (Å²) < 4.78 is 6.27. The Morgan fingerprint density at radius 2 is 1.70 bits per heavy atom. The summed E-state index contributed by atoms with van der Waals surface area (Å²) in [5, 5.41) is 1.24. The summed E-state index contributed by atoms with van der Waals surface area (Å²) in [4.78, 5) is 0. The van der Waals surface area contributed by atoms with Gasteiger partial charge in [-0.25, -0.2) is 5.43 Å². The predicted molar refractivity (Wildman–Crippen MR) is 86.3 cm³/mol. The Labute approximate surface area is 136 Å². The van der Waals surface area contributed by atoms with Crippen LogP contribution in [-0.4, -0.2) is 7.11 Å². The highest BCUT2D eigenvalue weighted by Crippen LogP contribution is 2.36. The highest BCUT2D eigenvalue weighted by molar-refractivity contribution is 9.10. The molecule has 106 valence electrons. The molecule has 1 unspecified atom stereocenters. The van der Waals surface area contributed by atoms with E-state index in [9.17, 15) is 0 Å². The molecule has 0 heterocycles. The molecule has 0 saturated carbocycles. The number of halogens is 3. The van der Waals surface area contributed by atoms with E-state index in [1.165, 1.54) is 0 Å². The van der Waals surface area contributed by atoms with Crippen molar-refractivity contribution in [2.75, 3.05) is 7.11 Å². The summed E-state index contributed by atoms with van der Waals surface area (Å²) in [5.74, 6) is 6.42. The van der Waals surface area contributed by atoms with Gasteiger partial charge >= 0.3 is 0 Å². The average molecular weight is 376 g/mol. The van der Waals surface area contributed by atoms with Crippen molar-refractivity contribution in [1.29, 1.82) is 0 Å². The molecular weight excluding hydrogens is 363 g/mol. The molecule has 0 spiro atoms. The number of rotatable bonds is 4. The lowest BCUT2D eigenvalue weighted by Gasteiger charge is -2.21. The van der Waals surface area contributed by atoms with E-state index in [4.69, 9.17) is 33.8 Å². The van der Waals surface area contributed by atoms with E-state index in [0.29, 0.717) is 15.8 Å². The summed E-state index contributed by atoms with van der Waals surface area (Å²) in [6, 6.07) is 10.6. The highest BCUT2D eigenvalue weighted by Gasteiger charge is 2.20. The molecule has 2 aromatic carbocycles. The van der Waals surface area contributed by atoms with Gasteiger partial charge in [-0.05, 0) is 42.0 Å². The van der Waals surface area contributed by atoms with E-state index in [1.807, 2.05) is 18.2 Å². The molecule has 0 saturated heterocycles. The average Bonchev–Trinajstić information content (AvgIpc) is 2.44. The van der Waals surface area contributed by atoms with Crippen LogP contribution < -0.4 is 16.0 Å². The van der Waals surface area contributed by atoms with Crippen LogP contribution in [-0.2, 0) is 0 Å². The third-order valence-corrected chi connectivity index (χ3v) is 4.13. The van der Waals surface area contributed by atoms with Crippen LogP contribution in [0.15, 0.2) is 40.9 Å². The molecular formula is C14H13BrCl2N2O. The molecule has 3 N–H and O–H groups in total. The first-order valence-corrected chi connectivity index (χ1v) is 7.36. The first-order chi connectivity index (χ1) is 9.56. The van der Waals surface area contributed by atoms with Crippen molar-refractivity contribution >= 4 is 39.1 Å². The molecule has 1 atom stereocenters. The Morgan fingerprint density at radius 1 is 1.10 bits per heavy atom. The fourth-order valence-electron chi connectivity index (χ4n) is 2.01. The van der Waals surface area contributed by atoms with E-state index in [-0.39, 0.29) is 6.04 Å². The first-order valence-electron chi connectivity index (χ1n) is 5.81. The molecule has 6 heteroatoms. The van der Waals surface area contributed by atoms with Crippen molar-refractivity contribution in [2.24, 2.45) is 5.84 Å². The topological polar surface area (TPSA) is 47.3 Å². The van der Waals surface area contributed by atoms with Crippen molar-refractivity contribution in [1.82, 2.24) is 5.43 Å². The van der Waals surface area contributed by atoms with Gasteiger partial charge in [-0.1, -0.05) is 39.1 Å². The van der Waals surface area contributed by atoms with Crippen molar-refractivity contribution in [3.8, 4) is 5.75 Å². The quantitative estimate of drug-likeness (QED) is 0.618. The highest BCUT2D eigenvalue weighted by atomic mass is 79.9. The zero-order valence-electron chi connectivity index (χ0n) is 10.7. The lowest BCUT2D eigenvalue weighted by Crippen LogP contribution is -2.29. The van der Waals surface area contributed by atoms with Gasteiger partial charge in [0.2, 0.25) is 0 Å². The van der Waals surface area contributed by atoms with Crippen LogP contribution in [0.5, 0.6) is 5.75 Å². The zero-order valence-corrected chi connectivity index (χ0v) is 13.8. The minimum atomic E-state index is -0.295. The zero-order chi connectivity index (χ0) is 14.7. The first kappa shape index (κ1) is 15.6. The number of hydrogen-bond donors (Lipinski definition) is 2.